The van der Waals surface area contributed by atoms with Crippen molar-refractivity contribution in [3.8, 4) is 5.75 Å². The van der Waals surface area contributed by atoms with Crippen LogP contribution in [-0.2, 0) is 18.4 Å². The normalized spacial score (nSPS) is 26.1. The second-order valence-electron chi connectivity index (χ2n) is 6.33. The second kappa shape index (κ2) is 5.57. The van der Waals surface area contributed by atoms with Crippen molar-refractivity contribution in [1.82, 2.24) is 5.32 Å². The summed E-state index contributed by atoms with van der Waals surface area (Å²) in [5.41, 5.74) is 4.03. The van der Waals surface area contributed by atoms with Gasteiger partial charge in [0.25, 0.3) is 0 Å². The van der Waals surface area contributed by atoms with Gasteiger partial charge in [0.2, 0.25) is 0 Å². The summed E-state index contributed by atoms with van der Waals surface area (Å²) in [6, 6.07) is 2.36. The summed E-state index contributed by atoms with van der Waals surface area (Å²) in [6.45, 7) is 3.35. The topological polar surface area (TPSA) is 21.3 Å². The molecular formula is C17H24ClNO. The van der Waals surface area contributed by atoms with E-state index < -0.39 is 0 Å². The Morgan fingerprint density at radius 1 is 1.20 bits per heavy atom. The summed E-state index contributed by atoms with van der Waals surface area (Å²) in [6.07, 6.45) is 8.44. The minimum absolute atomic E-state index is 0.0102. The standard InChI is InChI=1S/C17H24ClNO/c1-17(9-6-10-19-17)14-11-12-7-4-3-5-8-13(12)15(18)16(14)20-2/h11,19H,3-10H2,1-2H3. The van der Waals surface area contributed by atoms with Crippen molar-refractivity contribution in [2.45, 2.75) is 57.4 Å². The van der Waals surface area contributed by atoms with Crippen molar-refractivity contribution in [2.75, 3.05) is 13.7 Å². The zero-order chi connectivity index (χ0) is 14.2. The molecule has 20 heavy (non-hydrogen) atoms. The summed E-state index contributed by atoms with van der Waals surface area (Å²) in [5, 5.41) is 4.49. The van der Waals surface area contributed by atoms with E-state index in [1.807, 2.05) is 0 Å². The van der Waals surface area contributed by atoms with Crippen LogP contribution in [0.25, 0.3) is 0 Å². The first-order chi connectivity index (χ1) is 9.65. The molecule has 1 N–H and O–H groups in total. The SMILES string of the molecule is COc1c(C2(C)CCCN2)cc2c(c1Cl)CCCCC2. The molecule has 0 bridgehead atoms. The monoisotopic (exact) mass is 293 g/mol. The van der Waals surface area contributed by atoms with E-state index in [2.05, 4.69) is 18.3 Å². The van der Waals surface area contributed by atoms with Crippen molar-refractivity contribution in [2.24, 2.45) is 0 Å². The van der Waals surface area contributed by atoms with Gasteiger partial charge in [-0.1, -0.05) is 18.0 Å². The van der Waals surface area contributed by atoms with Crippen LogP contribution in [0.15, 0.2) is 6.07 Å². The van der Waals surface area contributed by atoms with E-state index in [1.165, 1.54) is 42.4 Å². The fraction of sp³-hybridized carbons (Fsp3) is 0.647. The number of ether oxygens (including phenoxy) is 1. The van der Waals surface area contributed by atoms with Gasteiger partial charge in [0.05, 0.1) is 12.1 Å². The van der Waals surface area contributed by atoms with Crippen LogP contribution in [-0.4, -0.2) is 13.7 Å². The molecule has 3 rings (SSSR count). The van der Waals surface area contributed by atoms with Gasteiger partial charge in [-0.25, -0.2) is 0 Å². The third-order valence-electron chi connectivity index (χ3n) is 4.96. The number of hydrogen-bond donors (Lipinski definition) is 1. The number of nitrogens with one attached hydrogen (secondary N) is 1. The minimum Gasteiger partial charge on any atom is -0.495 e. The fourth-order valence-electron chi connectivity index (χ4n) is 3.74. The molecule has 1 aromatic rings. The number of methoxy groups -OCH3 is 1. The summed E-state index contributed by atoms with van der Waals surface area (Å²) in [4.78, 5) is 0. The first kappa shape index (κ1) is 14.2. The number of fused-ring (bicyclic) bond motifs is 1. The van der Waals surface area contributed by atoms with Crippen LogP contribution in [0.1, 0.15) is 55.7 Å². The Morgan fingerprint density at radius 3 is 2.70 bits per heavy atom. The molecule has 0 saturated carbocycles. The van der Waals surface area contributed by atoms with Crippen molar-refractivity contribution < 1.29 is 4.74 Å². The quantitative estimate of drug-likeness (QED) is 0.825. The predicted octanol–water partition coefficient (Wildman–Crippen LogP) is 4.22. The molecule has 1 atom stereocenters. The Hall–Kier alpha value is -0.730. The molecule has 2 nitrogen and oxygen atoms in total. The average Bonchev–Trinajstić information content (AvgIpc) is 2.74. The highest BCUT2D eigenvalue weighted by molar-refractivity contribution is 6.33. The van der Waals surface area contributed by atoms with Crippen molar-refractivity contribution in [3.05, 3.63) is 27.8 Å². The smallest absolute Gasteiger partial charge is 0.142 e. The molecule has 0 radical (unpaired) electrons. The van der Waals surface area contributed by atoms with E-state index in [1.54, 1.807) is 7.11 Å². The highest BCUT2D eigenvalue weighted by Gasteiger charge is 2.35. The van der Waals surface area contributed by atoms with Crippen LogP contribution >= 0.6 is 11.6 Å². The predicted molar refractivity (Wildman–Crippen MR) is 83.9 cm³/mol. The highest BCUT2D eigenvalue weighted by atomic mass is 35.5. The Bertz CT molecular complexity index is 506. The first-order valence-electron chi connectivity index (χ1n) is 7.79. The third kappa shape index (κ3) is 2.33. The van der Waals surface area contributed by atoms with Gasteiger partial charge in [0.15, 0.2) is 0 Å². The lowest BCUT2D eigenvalue weighted by Crippen LogP contribution is -2.34. The average molecular weight is 294 g/mol. The first-order valence-corrected chi connectivity index (χ1v) is 8.17. The van der Waals surface area contributed by atoms with Crippen LogP contribution < -0.4 is 10.1 Å². The van der Waals surface area contributed by atoms with Crippen LogP contribution in [0.4, 0.5) is 0 Å². The molecular weight excluding hydrogens is 270 g/mol. The second-order valence-corrected chi connectivity index (χ2v) is 6.71. The maximum absolute atomic E-state index is 6.69. The fourth-order valence-corrected chi connectivity index (χ4v) is 4.14. The lowest BCUT2D eigenvalue weighted by Gasteiger charge is -2.29. The molecule has 1 heterocycles. The molecule has 1 aromatic carbocycles. The van der Waals surface area contributed by atoms with Gasteiger partial charge < -0.3 is 10.1 Å². The van der Waals surface area contributed by atoms with Gasteiger partial charge in [-0.15, -0.1) is 0 Å². The van der Waals surface area contributed by atoms with E-state index in [9.17, 15) is 0 Å². The lowest BCUT2D eigenvalue weighted by atomic mass is 9.86. The number of benzene rings is 1. The molecule has 0 aromatic heterocycles. The van der Waals surface area contributed by atoms with Crippen LogP contribution in [0, 0.1) is 0 Å². The minimum atomic E-state index is 0.0102. The number of rotatable bonds is 2. The molecule has 0 amide bonds. The van der Waals surface area contributed by atoms with Gasteiger partial charge >= 0.3 is 0 Å². The van der Waals surface area contributed by atoms with Gasteiger partial charge in [-0.3, -0.25) is 0 Å². The number of hydrogen-bond acceptors (Lipinski definition) is 2. The van der Waals surface area contributed by atoms with Crippen molar-refractivity contribution >= 4 is 11.6 Å². The molecule has 1 unspecified atom stereocenters. The van der Waals surface area contributed by atoms with Crippen LogP contribution in [0.5, 0.6) is 5.75 Å². The van der Waals surface area contributed by atoms with Gasteiger partial charge in [0, 0.05) is 11.1 Å². The molecule has 1 fully saturated rings. The van der Waals surface area contributed by atoms with E-state index in [0.717, 1.165) is 36.6 Å². The van der Waals surface area contributed by atoms with E-state index in [4.69, 9.17) is 16.3 Å². The van der Waals surface area contributed by atoms with Crippen molar-refractivity contribution in [3.63, 3.8) is 0 Å². The Kier molecular flexibility index (Phi) is 3.96. The number of halogens is 1. The van der Waals surface area contributed by atoms with Gasteiger partial charge in [0.1, 0.15) is 5.75 Å². The summed E-state index contributed by atoms with van der Waals surface area (Å²) in [5.74, 6) is 0.893. The van der Waals surface area contributed by atoms with Crippen LogP contribution in [0.3, 0.4) is 0 Å². The van der Waals surface area contributed by atoms with Gasteiger partial charge in [-0.05, 0) is 69.2 Å². The molecule has 1 aliphatic heterocycles. The maximum Gasteiger partial charge on any atom is 0.142 e. The van der Waals surface area contributed by atoms with E-state index >= 15 is 0 Å². The molecule has 1 aliphatic carbocycles. The highest BCUT2D eigenvalue weighted by Crippen LogP contribution is 2.44. The molecule has 0 spiro atoms. The Morgan fingerprint density at radius 2 is 2.00 bits per heavy atom. The molecule has 3 heteroatoms. The van der Waals surface area contributed by atoms with E-state index in [-0.39, 0.29) is 5.54 Å². The lowest BCUT2D eigenvalue weighted by molar-refractivity contribution is 0.370. The van der Waals surface area contributed by atoms with E-state index in [0.29, 0.717) is 0 Å². The largest absolute Gasteiger partial charge is 0.495 e. The summed E-state index contributed by atoms with van der Waals surface area (Å²) in [7, 11) is 1.74. The molecule has 1 saturated heterocycles. The molecule has 2 aliphatic rings. The zero-order valence-electron chi connectivity index (χ0n) is 12.5. The Labute approximate surface area is 126 Å². The molecule has 110 valence electrons. The maximum atomic E-state index is 6.69. The zero-order valence-corrected chi connectivity index (χ0v) is 13.3. The Balaban J connectivity index is 2.14. The summed E-state index contributed by atoms with van der Waals surface area (Å²) < 4.78 is 5.69. The van der Waals surface area contributed by atoms with Crippen molar-refractivity contribution in [1.29, 1.82) is 0 Å². The third-order valence-corrected chi connectivity index (χ3v) is 5.36. The number of aryl methyl sites for hydroxylation is 1. The van der Waals surface area contributed by atoms with Crippen LogP contribution in [0.2, 0.25) is 5.02 Å². The van der Waals surface area contributed by atoms with Gasteiger partial charge in [-0.2, -0.15) is 0 Å². The summed E-state index contributed by atoms with van der Waals surface area (Å²) >= 11 is 6.69.